The number of carbonyl (C=O) groups is 1. The van der Waals surface area contributed by atoms with Crippen molar-refractivity contribution in [1.82, 2.24) is 10.6 Å². The number of hydrogen-bond acceptors (Lipinski definition) is 2. The van der Waals surface area contributed by atoms with Gasteiger partial charge in [-0.3, -0.25) is 0 Å². The van der Waals surface area contributed by atoms with Gasteiger partial charge in [-0.1, -0.05) is 29.8 Å². The van der Waals surface area contributed by atoms with E-state index < -0.39 is 0 Å². The van der Waals surface area contributed by atoms with Crippen LogP contribution in [0, 0.1) is 6.92 Å². The molecule has 100 valence electrons. The molecule has 0 spiro atoms. The van der Waals surface area contributed by atoms with E-state index in [4.69, 9.17) is 5.11 Å². The molecule has 0 saturated heterocycles. The highest BCUT2D eigenvalue weighted by atomic mass is 16.3. The number of carbonyl (C=O) groups excluding carboxylic acids is 1. The van der Waals surface area contributed by atoms with E-state index >= 15 is 0 Å². The summed E-state index contributed by atoms with van der Waals surface area (Å²) in [7, 11) is 0. The monoisotopic (exact) mass is 250 g/mol. The van der Waals surface area contributed by atoms with E-state index in [0.29, 0.717) is 13.0 Å². The van der Waals surface area contributed by atoms with Crippen LogP contribution in [0.5, 0.6) is 0 Å². The Balaban J connectivity index is 2.28. The van der Waals surface area contributed by atoms with Crippen LogP contribution in [0.2, 0.25) is 0 Å². The second-order valence-electron chi connectivity index (χ2n) is 4.58. The third-order valence-electron chi connectivity index (χ3n) is 2.71. The van der Waals surface area contributed by atoms with Gasteiger partial charge in [-0.2, -0.15) is 0 Å². The predicted molar refractivity (Wildman–Crippen MR) is 72.3 cm³/mol. The minimum atomic E-state index is -0.165. The van der Waals surface area contributed by atoms with Crippen molar-refractivity contribution in [2.45, 2.75) is 39.3 Å². The summed E-state index contributed by atoms with van der Waals surface area (Å²) >= 11 is 0. The maximum Gasteiger partial charge on any atom is 0.315 e. The second kappa shape index (κ2) is 7.71. The maximum atomic E-state index is 11.6. The predicted octanol–water partition coefficient (Wildman–Crippen LogP) is 1.96. The lowest BCUT2D eigenvalue weighted by molar-refractivity contribution is 0.234. The summed E-state index contributed by atoms with van der Waals surface area (Å²) in [6, 6.07) is 7.96. The Kier molecular flexibility index (Phi) is 6.22. The quantitative estimate of drug-likeness (QED) is 0.722. The van der Waals surface area contributed by atoms with Gasteiger partial charge in [0.05, 0.1) is 0 Å². The molecule has 0 aromatic heterocycles. The summed E-state index contributed by atoms with van der Waals surface area (Å²) in [5, 5.41) is 14.4. The number of aliphatic hydroxyl groups excluding tert-OH is 1. The fraction of sp³-hybridized carbons (Fsp3) is 0.500. The highest BCUT2D eigenvalue weighted by molar-refractivity contribution is 5.74. The SMILES string of the molecule is Cc1cccc(CNC(=O)NC(C)CCCO)c1. The molecule has 1 unspecified atom stereocenters. The fourth-order valence-electron chi connectivity index (χ4n) is 1.75. The first-order valence-corrected chi connectivity index (χ1v) is 6.32. The third-order valence-corrected chi connectivity index (χ3v) is 2.71. The minimum Gasteiger partial charge on any atom is -0.396 e. The van der Waals surface area contributed by atoms with Crippen molar-refractivity contribution in [3.63, 3.8) is 0 Å². The van der Waals surface area contributed by atoms with Crippen LogP contribution in [0.25, 0.3) is 0 Å². The summed E-state index contributed by atoms with van der Waals surface area (Å²) in [4.78, 5) is 11.6. The normalized spacial score (nSPS) is 11.9. The molecule has 0 aliphatic rings. The van der Waals surface area contributed by atoms with Crippen molar-refractivity contribution in [2.24, 2.45) is 0 Å². The summed E-state index contributed by atoms with van der Waals surface area (Å²) in [5.74, 6) is 0. The molecular formula is C14H22N2O2. The van der Waals surface area contributed by atoms with Crippen LogP contribution in [-0.2, 0) is 6.54 Å². The molecule has 18 heavy (non-hydrogen) atoms. The van der Waals surface area contributed by atoms with Gasteiger partial charge in [-0.15, -0.1) is 0 Å². The van der Waals surface area contributed by atoms with Crippen molar-refractivity contribution >= 4 is 6.03 Å². The van der Waals surface area contributed by atoms with E-state index in [1.807, 2.05) is 32.0 Å². The van der Waals surface area contributed by atoms with Gasteiger partial charge in [0.1, 0.15) is 0 Å². The van der Waals surface area contributed by atoms with Gasteiger partial charge in [-0.25, -0.2) is 4.79 Å². The average Bonchev–Trinajstić information content (AvgIpc) is 2.34. The van der Waals surface area contributed by atoms with Crippen molar-refractivity contribution in [3.05, 3.63) is 35.4 Å². The number of rotatable bonds is 6. The van der Waals surface area contributed by atoms with Gasteiger partial charge < -0.3 is 15.7 Å². The van der Waals surface area contributed by atoms with Crippen molar-refractivity contribution in [1.29, 1.82) is 0 Å². The molecule has 0 heterocycles. The van der Waals surface area contributed by atoms with Gasteiger partial charge in [-0.05, 0) is 32.3 Å². The smallest absolute Gasteiger partial charge is 0.315 e. The van der Waals surface area contributed by atoms with Crippen molar-refractivity contribution in [3.8, 4) is 0 Å². The molecule has 1 rings (SSSR count). The first-order chi connectivity index (χ1) is 8.61. The van der Waals surface area contributed by atoms with Gasteiger partial charge in [0.25, 0.3) is 0 Å². The Labute approximate surface area is 108 Å². The number of urea groups is 1. The molecule has 1 aromatic carbocycles. The van der Waals surface area contributed by atoms with E-state index in [1.54, 1.807) is 0 Å². The van der Waals surface area contributed by atoms with E-state index in [9.17, 15) is 4.79 Å². The molecule has 1 atom stereocenters. The van der Waals surface area contributed by atoms with Gasteiger partial charge >= 0.3 is 6.03 Å². The van der Waals surface area contributed by atoms with E-state index in [2.05, 4.69) is 16.7 Å². The Hall–Kier alpha value is -1.55. The molecule has 0 radical (unpaired) electrons. The highest BCUT2D eigenvalue weighted by Crippen LogP contribution is 2.03. The van der Waals surface area contributed by atoms with E-state index in [1.165, 1.54) is 5.56 Å². The number of amides is 2. The lowest BCUT2D eigenvalue weighted by Crippen LogP contribution is -2.40. The van der Waals surface area contributed by atoms with E-state index in [0.717, 1.165) is 12.0 Å². The summed E-state index contributed by atoms with van der Waals surface area (Å²) < 4.78 is 0. The number of hydrogen-bond donors (Lipinski definition) is 3. The Morgan fingerprint density at radius 3 is 2.89 bits per heavy atom. The Morgan fingerprint density at radius 1 is 1.44 bits per heavy atom. The molecule has 0 saturated carbocycles. The highest BCUT2D eigenvalue weighted by Gasteiger charge is 2.06. The van der Waals surface area contributed by atoms with Crippen LogP contribution < -0.4 is 10.6 Å². The van der Waals surface area contributed by atoms with Gasteiger partial charge in [0, 0.05) is 19.2 Å². The molecule has 2 amide bonds. The molecule has 4 nitrogen and oxygen atoms in total. The third kappa shape index (κ3) is 5.68. The van der Waals surface area contributed by atoms with Crippen LogP contribution in [0.15, 0.2) is 24.3 Å². The lowest BCUT2D eigenvalue weighted by atomic mass is 10.1. The summed E-state index contributed by atoms with van der Waals surface area (Å²) in [6.45, 7) is 4.65. The number of nitrogens with one attached hydrogen (secondary N) is 2. The molecular weight excluding hydrogens is 228 g/mol. The zero-order chi connectivity index (χ0) is 13.4. The van der Waals surface area contributed by atoms with Crippen LogP contribution in [0.1, 0.15) is 30.9 Å². The largest absolute Gasteiger partial charge is 0.396 e. The van der Waals surface area contributed by atoms with Crippen LogP contribution >= 0.6 is 0 Å². The zero-order valence-corrected chi connectivity index (χ0v) is 11.1. The van der Waals surface area contributed by atoms with Crippen LogP contribution in [0.3, 0.4) is 0 Å². The van der Waals surface area contributed by atoms with Crippen molar-refractivity contribution in [2.75, 3.05) is 6.61 Å². The van der Waals surface area contributed by atoms with Crippen LogP contribution in [0.4, 0.5) is 4.79 Å². The van der Waals surface area contributed by atoms with Crippen molar-refractivity contribution < 1.29 is 9.90 Å². The molecule has 3 N–H and O–H groups in total. The molecule has 0 aliphatic carbocycles. The molecule has 4 heteroatoms. The fourth-order valence-corrected chi connectivity index (χ4v) is 1.75. The van der Waals surface area contributed by atoms with Gasteiger partial charge in [0.2, 0.25) is 0 Å². The zero-order valence-electron chi connectivity index (χ0n) is 11.1. The topological polar surface area (TPSA) is 61.4 Å². The first kappa shape index (κ1) is 14.5. The molecule has 0 aliphatic heterocycles. The number of aryl methyl sites for hydroxylation is 1. The Bertz CT molecular complexity index is 380. The maximum absolute atomic E-state index is 11.6. The lowest BCUT2D eigenvalue weighted by Gasteiger charge is -2.14. The van der Waals surface area contributed by atoms with Gasteiger partial charge in [0.15, 0.2) is 0 Å². The number of benzene rings is 1. The minimum absolute atomic E-state index is 0.0784. The molecule has 1 aromatic rings. The number of aliphatic hydroxyl groups is 1. The Morgan fingerprint density at radius 2 is 2.22 bits per heavy atom. The molecule has 0 bridgehead atoms. The standard InChI is InChI=1S/C14H22N2O2/c1-11-5-3-7-13(9-11)10-15-14(18)16-12(2)6-4-8-17/h3,5,7,9,12,17H,4,6,8,10H2,1-2H3,(H2,15,16,18). The summed E-state index contributed by atoms with van der Waals surface area (Å²) in [5.41, 5.74) is 2.28. The van der Waals surface area contributed by atoms with E-state index in [-0.39, 0.29) is 18.7 Å². The first-order valence-electron chi connectivity index (χ1n) is 6.32. The second-order valence-corrected chi connectivity index (χ2v) is 4.58. The summed E-state index contributed by atoms with van der Waals surface area (Å²) in [6.07, 6.45) is 1.49. The average molecular weight is 250 g/mol. The molecule has 0 fully saturated rings. The van der Waals surface area contributed by atoms with Crippen LogP contribution in [-0.4, -0.2) is 23.8 Å².